The van der Waals surface area contributed by atoms with E-state index in [2.05, 4.69) is 37.0 Å². The molecule has 2 aromatic heterocycles. The van der Waals surface area contributed by atoms with E-state index in [4.69, 9.17) is 5.26 Å². The minimum Gasteiger partial charge on any atom is -0.297 e. The zero-order chi connectivity index (χ0) is 18.7. The maximum atomic E-state index is 13.0. The molecule has 0 unspecified atom stereocenters. The average Bonchev–Trinajstić information content (AvgIpc) is 3.07. The quantitative estimate of drug-likeness (QED) is 0.681. The normalized spacial score (nSPS) is 11.8. The van der Waals surface area contributed by atoms with Crippen molar-refractivity contribution < 1.29 is 0 Å². The Hall–Kier alpha value is -2.96. The fourth-order valence-corrected chi connectivity index (χ4v) is 3.80. The van der Waals surface area contributed by atoms with Crippen molar-refractivity contribution in [3.05, 3.63) is 51.4 Å². The fraction of sp³-hybridized carbons (Fsp3) is 0.300. The van der Waals surface area contributed by atoms with Gasteiger partial charge in [-0.15, -0.1) is 11.3 Å². The number of aromatic nitrogens is 2. The van der Waals surface area contributed by atoms with Gasteiger partial charge in [0.05, 0.1) is 29.8 Å². The molecule has 0 bridgehead atoms. The number of hydrogen-bond donors (Lipinski definition) is 0. The van der Waals surface area contributed by atoms with Gasteiger partial charge in [0.25, 0.3) is 5.56 Å². The molecule has 0 amide bonds. The number of hydrogen-bond acceptors (Lipinski definition) is 5. The summed E-state index contributed by atoms with van der Waals surface area (Å²) in [5.41, 5.74) is 4.12. The Kier molecular flexibility index (Phi) is 5.16. The number of benzene rings is 1. The zero-order valence-electron chi connectivity index (χ0n) is 14.7. The number of fused-ring (bicyclic) bond motifs is 1. The molecule has 130 valence electrons. The summed E-state index contributed by atoms with van der Waals surface area (Å²) < 4.78 is 1.49. The van der Waals surface area contributed by atoms with Gasteiger partial charge in [0.1, 0.15) is 4.83 Å². The lowest BCUT2D eigenvalue weighted by Crippen LogP contribution is -2.24. The van der Waals surface area contributed by atoms with Crippen LogP contribution in [0.15, 0.2) is 34.7 Å². The number of rotatable bonds is 5. The third kappa shape index (κ3) is 3.37. The van der Waals surface area contributed by atoms with E-state index >= 15 is 0 Å². The van der Waals surface area contributed by atoms with Crippen LogP contribution < -0.4 is 5.56 Å². The van der Waals surface area contributed by atoms with Gasteiger partial charge in [-0.05, 0) is 37.0 Å². The van der Waals surface area contributed by atoms with E-state index in [0.29, 0.717) is 23.1 Å². The van der Waals surface area contributed by atoms with Gasteiger partial charge in [0.2, 0.25) is 0 Å². The van der Waals surface area contributed by atoms with E-state index in [0.717, 1.165) is 11.1 Å². The highest BCUT2D eigenvalue weighted by atomic mass is 32.1. The topological polar surface area (TPSA) is 82.5 Å². The van der Waals surface area contributed by atoms with Crippen LogP contribution >= 0.6 is 11.3 Å². The monoisotopic (exact) mass is 362 g/mol. The molecule has 0 spiro atoms. The van der Waals surface area contributed by atoms with E-state index in [-0.39, 0.29) is 18.0 Å². The summed E-state index contributed by atoms with van der Waals surface area (Å²) in [5.74, 6) is -0.379. The summed E-state index contributed by atoms with van der Waals surface area (Å²) in [7, 11) is 0. The van der Waals surface area contributed by atoms with E-state index in [9.17, 15) is 10.1 Å². The molecule has 6 heteroatoms. The molecule has 0 aliphatic heterocycles. The first-order chi connectivity index (χ1) is 12.5. The first-order valence-electron chi connectivity index (χ1n) is 8.36. The first kappa shape index (κ1) is 17.8. The summed E-state index contributed by atoms with van der Waals surface area (Å²) >= 11 is 1.45. The average molecular weight is 362 g/mol. The van der Waals surface area contributed by atoms with E-state index in [1.165, 1.54) is 33.4 Å². The predicted octanol–water partition coefficient (Wildman–Crippen LogP) is 4.19. The highest BCUT2D eigenvalue weighted by molar-refractivity contribution is 7.17. The van der Waals surface area contributed by atoms with E-state index in [1.54, 1.807) is 0 Å². The number of aryl methyl sites for hydroxylation is 2. The van der Waals surface area contributed by atoms with Crippen LogP contribution in [0.3, 0.4) is 0 Å². The molecule has 1 aromatic carbocycles. The third-order valence-corrected chi connectivity index (χ3v) is 5.47. The van der Waals surface area contributed by atoms with Gasteiger partial charge in [-0.25, -0.2) is 4.98 Å². The molecule has 0 fully saturated rings. The standard InChI is InChI=1S/C20H18N4OS/c1-13-5-6-16(8-14(13)2)17-11-26-19-18(17)20(25)24(12-23-19)10-15(9-22)4-3-7-21/h5-6,8,11-12,15H,3-4,10H2,1-2H3/t15-/m1/s1. The lowest BCUT2D eigenvalue weighted by atomic mass is 10.0. The molecule has 2 heterocycles. The van der Waals surface area contributed by atoms with E-state index in [1.807, 2.05) is 17.5 Å². The van der Waals surface area contributed by atoms with Crippen molar-refractivity contribution in [2.45, 2.75) is 33.2 Å². The Morgan fingerprint density at radius 1 is 1.27 bits per heavy atom. The van der Waals surface area contributed by atoms with Gasteiger partial charge < -0.3 is 0 Å². The van der Waals surface area contributed by atoms with Gasteiger partial charge in [-0.2, -0.15) is 10.5 Å². The van der Waals surface area contributed by atoms with Crippen molar-refractivity contribution in [2.75, 3.05) is 0 Å². The predicted molar refractivity (Wildman–Crippen MR) is 103 cm³/mol. The van der Waals surface area contributed by atoms with Crippen LogP contribution in [0.2, 0.25) is 0 Å². The molecule has 3 aromatic rings. The lowest BCUT2D eigenvalue weighted by molar-refractivity contribution is 0.499. The van der Waals surface area contributed by atoms with Crippen LogP contribution in [0.1, 0.15) is 24.0 Å². The van der Waals surface area contributed by atoms with Gasteiger partial charge in [-0.1, -0.05) is 18.2 Å². The maximum absolute atomic E-state index is 13.0. The van der Waals surface area contributed by atoms with Crippen LogP contribution in [0, 0.1) is 42.4 Å². The fourth-order valence-electron chi connectivity index (χ4n) is 2.89. The molecule has 0 saturated carbocycles. The first-order valence-corrected chi connectivity index (χ1v) is 9.24. The molecule has 0 aliphatic carbocycles. The molecule has 0 radical (unpaired) electrons. The summed E-state index contributed by atoms with van der Waals surface area (Å²) in [5, 5.41) is 20.5. The molecule has 26 heavy (non-hydrogen) atoms. The highest BCUT2D eigenvalue weighted by Crippen LogP contribution is 2.31. The molecular weight excluding hydrogens is 344 g/mol. The molecule has 0 saturated heterocycles. The SMILES string of the molecule is Cc1ccc(-c2csc3ncn(C[C@@H](C#N)CCC#N)c(=O)c23)cc1C. The molecule has 1 atom stereocenters. The van der Waals surface area contributed by atoms with Gasteiger partial charge in [0.15, 0.2) is 0 Å². The number of nitriles is 2. The minimum absolute atomic E-state index is 0.137. The van der Waals surface area contributed by atoms with Crippen molar-refractivity contribution >= 4 is 21.6 Å². The highest BCUT2D eigenvalue weighted by Gasteiger charge is 2.16. The van der Waals surface area contributed by atoms with Gasteiger partial charge in [0, 0.05) is 23.9 Å². The van der Waals surface area contributed by atoms with Crippen LogP contribution in [-0.2, 0) is 6.54 Å². The Morgan fingerprint density at radius 2 is 2.08 bits per heavy atom. The molecule has 0 aliphatic rings. The van der Waals surface area contributed by atoms with Gasteiger partial charge in [-0.3, -0.25) is 9.36 Å². The Morgan fingerprint density at radius 3 is 2.77 bits per heavy atom. The molecular formula is C20H18N4OS. The van der Waals surface area contributed by atoms with Crippen molar-refractivity contribution in [1.82, 2.24) is 9.55 Å². The molecule has 3 rings (SSSR count). The van der Waals surface area contributed by atoms with Crippen LogP contribution in [0.25, 0.3) is 21.3 Å². The summed E-state index contributed by atoms with van der Waals surface area (Å²) in [6.07, 6.45) is 2.25. The van der Waals surface area contributed by atoms with Crippen molar-refractivity contribution in [3.8, 4) is 23.3 Å². The summed E-state index contributed by atoms with van der Waals surface area (Å²) in [6.45, 7) is 4.36. The second kappa shape index (κ2) is 7.51. The Balaban J connectivity index is 2.06. The number of nitrogens with zero attached hydrogens (tertiary/aromatic N) is 4. The third-order valence-electron chi connectivity index (χ3n) is 4.58. The largest absolute Gasteiger partial charge is 0.297 e. The van der Waals surface area contributed by atoms with Crippen molar-refractivity contribution in [2.24, 2.45) is 5.92 Å². The van der Waals surface area contributed by atoms with Gasteiger partial charge >= 0.3 is 0 Å². The Bertz CT molecular complexity index is 1100. The molecule has 0 N–H and O–H groups in total. The summed E-state index contributed by atoms with van der Waals surface area (Å²) in [6, 6.07) is 10.4. The van der Waals surface area contributed by atoms with Crippen LogP contribution in [0.4, 0.5) is 0 Å². The summed E-state index contributed by atoms with van der Waals surface area (Å²) in [4.78, 5) is 18.1. The second-order valence-electron chi connectivity index (χ2n) is 6.35. The van der Waals surface area contributed by atoms with Crippen LogP contribution in [0.5, 0.6) is 0 Å². The second-order valence-corrected chi connectivity index (χ2v) is 7.21. The Labute approximate surface area is 155 Å². The van der Waals surface area contributed by atoms with Crippen molar-refractivity contribution in [3.63, 3.8) is 0 Å². The lowest BCUT2D eigenvalue weighted by Gasteiger charge is -2.10. The van der Waals surface area contributed by atoms with E-state index < -0.39 is 0 Å². The number of thiophene rings is 1. The zero-order valence-corrected chi connectivity index (χ0v) is 15.5. The smallest absolute Gasteiger partial charge is 0.262 e. The minimum atomic E-state index is -0.379. The maximum Gasteiger partial charge on any atom is 0.262 e. The van der Waals surface area contributed by atoms with Crippen LogP contribution in [-0.4, -0.2) is 9.55 Å². The van der Waals surface area contributed by atoms with Crippen molar-refractivity contribution in [1.29, 1.82) is 10.5 Å². The molecule has 5 nitrogen and oxygen atoms in total.